The quantitative estimate of drug-likeness (QED) is 0.231. The maximum Gasteiger partial charge on any atom is 0.145 e. The molecule has 3 heterocycles. The Bertz CT molecular complexity index is 2290. The van der Waals surface area contributed by atoms with Crippen molar-refractivity contribution in [3.8, 4) is 22.8 Å². The molecule has 0 spiro atoms. The molecule has 0 amide bonds. The minimum Gasteiger partial charge on any atom is -0.339 e. The lowest BCUT2D eigenvalue weighted by molar-refractivity contribution is 1.03. The molecule has 0 aliphatic carbocycles. The number of imidazole rings is 1. The van der Waals surface area contributed by atoms with Crippen LogP contribution in [0.1, 0.15) is 0 Å². The van der Waals surface area contributed by atoms with Crippen LogP contribution >= 0.6 is 0 Å². The zero-order chi connectivity index (χ0) is 26.4. The zero-order valence-corrected chi connectivity index (χ0v) is 21.9. The van der Waals surface area contributed by atoms with Crippen LogP contribution in [0, 0.1) is 0 Å². The molecular formula is C36H24N4. The Hall–Kier alpha value is -5.35. The van der Waals surface area contributed by atoms with Gasteiger partial charge in [-0.2, -0.15) is 0 Å². The first kappa shape index (κ1) is 21.6. The fourth-order valence-electron chi connectivity index (χ4n) is 6.74. The molecule has 0 unspecified atom stereocenters. The van der Waals surface area contributed by atoms with Crippen molar-refractivity contribution in [2.45, 2.75) is 0 Å². The first-order valence-electron chi connectivity index (χ1n) is 13.6. The molecule has 8 aromatic rings. The molecule has 0 fully saturated rings. The molecule has 0 bridgehead atoms. The van der Waals surface area contributed by atoms with E-state index in [0.717, 1.165) is 45.2 Å². The smallest absolute Gasteiger partial charge is 0.145 e. The Morgan fingerprint density at radius 1 is 0.525 bits per heavy atom. The van der Waals surface area contributed by atoms with Crippen LogP contribution in [0.3, 0.4) is 0 Å². The van der Waals surface area contributed by atoms with Gasteiger partial charge in [0.15, 0.2) is 0 Å². The second-order valence-corrected chi connectivity index (χ2v) is 10.5. The van der Waals surface area contributed by atoms with Crippen LogP contribution in [0.15, 0.2) is 127 Å². The third-order valence-corrected chi connectivity index (χ3v) is 8.42. The van der Waals surface area contributed by atoms with Gasteiger partial charge in [-0.25, -0.2) is 4.98 Å². The Labute approximate surface area is 231 Å². The minimum atomic E-state index is 0.961. The average Bonchev–Trinajstić information content (AvgIpc) is 3.57. The highest BCUT2D eigenvalue weighted by Crippen LogP contribution is 2.48. The van der Waals surface area contributed by atoms with E-state index in [1.807, 2.05) is 0 Å². The molecule has 0 saturated heterocycles. The van der Waals surface area contributed by atoms with Crippen molar-refractivity contribution >= 4 is 55.0 Å². The van der Waals surface area contributed by atoms with Crippen molar-refractivity contribution < 1.29 is 0 Å². The number of benzene rings is 6. The lowest BCUT2D eigenvalue weighted by Crippen LogP contribution is -2.20. The van der Waals surface area contributed by atoms with Crippen molar-refractivity contribution in [1.82, 2.24) is 14.1 Å². The normalized spacial score (nSPS) is 12.6. The molecule has 9 rings (SSSR count). The van der Waals surface area contributed by atoms with Crippen LogP contribution in [0.4, 0.5) is 11.4 Å². The van der Waals surface area contributed by atoms with Crippen LogP contribution in [-0.2, 0) is 0 Å². The van der Waals surface area contributed by atoms with Crippen LogP contribution in [0.2, 0.25) is 0 Å². The van der Waals surface area contributed by atoms with Gasteiger partial charge in [0.1, 0.15) is 5.82 Å². The molecule has 0 saturated carbocycles. The number of hydrogen-bond donors (Lipinski definition) is 0. The second-order valence-electron chi connectivity index (χ2n) is 10.5. The number of hydrogen-bond acceptors (Lipinski definition) is 2. The largest absolute Gasteiger partial charge is 0.339 e. The molecule has 40 heavy (non-hydrogen) atoms. The summed E-state index contributed by atoms with van der Waals surface area (Å²) in [6.45, 7) is 0. The van der Waals surface area contributed by atoms with E-state index in [0.29, 0.717) is 0 Å². The zero-order valence-electron chi connectivity index (χ0n) is 21.9. The molecule has 1 aliphatic rings. The number of para-hydroxylation sites is 3. The average molecular weight is 513 g/mol. The summed E-state index contributed by atoms with van der Waals surface area (Å²) in [5.41, 5.74) is 10.3. The third-order valence-electron chi connectivity index (χ3n) is 8.42. The first-order chi connectivity index (χ1) is 19.8. The van der Waals surface area contributed by atoms with Crippen molar-refractivity contribution in [1.29, 1.82) is 0 Å². The van der Waals surface area contributed by atoms with Crippen LogP contribution in [0.25, 0.3) is 66.4 Å². The Morgan fingerprint density at radius 3 is 2.10 bits per heavy atom. The summed E-state index contributed by atoms with van der Waals surface area (Å²) in [5, 5.41) is 5.09. The molecule has 1 aliphatic heterocycles. The monoisotopic (exact) mass is 512 g/mol. The number of anilines is 2. The molecule has 4 heteroatoms. The van der Waals surface area contributed by atoms with E-state index in [1.165, 1.54) is 32.6 Å². The number of rotatable bonds is 2. The Balaban J connectivity index is 1.43. The lowest BCUT2D eigenvalue weighted by Gasteiger charge is -2.32. The lowest BCUT2D eigenvalue weighted by atomic mass is 10.0. The fourth-order valence-corrected chi connectivity index (χ4v) is 6.74. The number of fused-ring (bicyclic) bond motifs is 7. The van der Waals surface area contributed by atoms with Crippen LogP contribution in [0.5, 0.6) is 0 Å². The summed E-state index contributed by atoms with van der Waals surface area (Å²) in [6, 6.07) is 45.6. The van der Waals surface area contributed by atoms with E-state index in [-0.39, 0.29) is 0 Å². The predicted molar refractivity (Wildman–Crippen MR) is 166 cm³/mol. The third kappa shape index (κ3) is 2.72. The van der Waals surface area contributed by atoms with Gasteiger partial charge in [-0.15, -0.1) is 0 Å². The summed E-state index contributed by atoms with van der Waals surface area (Å²) in [7, 11) is 2.18. The highest BCUT2D eigenvalue weighted by molar-refractivity contribution is 6.21. The van der Waals surface area contributed by atoms with Crippen LogP contribution < -0.4 is 4.90 Å². The maximum absolute atomic E-state index is 5.14. The molecule has 2 aromatic heterocycles. The Kier molecular flexibility index (Phi) is 4.23. The fraction of sp³-hybridized carbons (Fsp3) is 0.0278. The summed E-state index contributed by atoms with van der Waals surface area (Å²) in [5.74, 6) is 0.961. The van der Waals surface area contributed by atoms with Crippen molar-refractivity contribution in [2.24, 2.45) is 0 Å². The van der Waals surface area contributed by atoms with Crippen molar-refractivity contribution in [3.05, 3.63) is 127 Å². The van der Waals surface area contributed by atoms with E-state index in [2.05, 4.69) is 148 Å². The highest BCUT2D eigenvalue weighted by atomic mass is 15.2. The molecule has 0 radical (unpaired) electrons. The molecule has 0 atom stereocenters. The summed E-state index contributed by atoms with van der Waals surface area (Å²) >= 11 is 0. The standard InChI is InChI=1S/C36H24N4/c1-38-30-18-9-16-27-34(30)40(36(37-27)24-12-3-2-4-13-24)32-20-10-19-31(35(32)38)39-28-17-8-7-15-26(28)33-25-14-6-5-11-23(25)21-22-29(33)39/h2-22H,1H3. The van der Waals surface area contributed by atoms with E-state index in [4.69, 9.17) is 4.98 Å². The van der Waals surface area contributed by atoms with E-state index < -0.39 is 0 Å². The van der Waals surface area contributed by atoms with Gasteiger partial charge in [0.2, 0.25) is 0 Å². The van der Waals surface area contributed by atoms with Crippen molar-refractivity contribution in [2.75, 3.05) is 11.9 Å². The minimum absolute atomic E-state index is 0.961. The van der Waals surface area contributed by atoms with Crippen LogP contribution in [-0.4, -0.2) is 21.2 Å². The summed E-state index contributed by atoms with van der Waals surface area (Å²) < 4.78 is 4.79. The van der Waals surface area contributed by atoms with E-state index in [9.17, 15) is 0 Å². The van der Waals surface area contributed by atoms with Gasteiger partial charge < -0.3 is 9.47 Å². The van der Waals surface area contributed by atoms with Gasteiger partial charge in [-0.05, 0) is 47.2 Å². The molecule has 4 nitrogen and oxygen atoms in total. The molecular weight excluding hydrogens is 488 g/mol. The van der Waals surface area contributed by atoms with Gasteiger partial charge >= 0.3 is 0 Å². The maximum atomic E-state index is 5.14. The summed E-state index contributed by atoms with van der Waals surface area (Å²) in [4.78, 5) is 7.48. The predicted octanol–water partition coefficient (Wildman–Crippen LogP) is 9.02. The van der Waals surface area contributed by atoms with Gasteiger partial charge in [0.25, 0.3) is 0 Å². The van der Waals surface area contributed by atoms with E-state index >= 15 is 0 Å². The highest BCUT2D eigenvalue weighted by Gasteiger charge is 2.29. The second kappa shape index (κ2) is 7.84. The molecule has 188 valence electrons. The number of nitrogens with zero attached hydrogens (tertiary/aromatic N) is 4. The van der Waals surface area contributed by atoms with E-state index in [1.54, 1.807) is 0 Å². The van der Waals surface area contributed by atoms with Gasteiger partial charge in [-0.3, -0.25) is 4.57 Å². The molecule has 0 N–H and O–H groups in total. The summed E-state index contributed by atoms with van der Waals surface area (Å²) in [6.07, 6.45) is 0. The Morgan fingerprint density at radius 2 is 1.23 bits per heavy atom. The van der Waals surface area contributed by atoms with Gasteiger partial charge in [0, 0.05) is 23.4 Å². The van der Waals surface area contributed by atoms with Gasteiger partial charge in [0.05, 0.1) is 44.8 Å². The topological polar surface area (TPSA) is 26.0 Å². The SMILES string of the molecule is CN1c2c(cccc2-n2c3ccccc3c3c4ccccc4ccc32)-n2c(-c3ccccc3)nc3cccc1c32. The first-order valence-corrected chi connectivity index (χ1v) is 13.6. The van der Waals surface area contributed by atoms with Crippen molar-refractivity contribution in [3.63, 3.8) is 0 Å². The number of aromatic nitrogens is 3. The van der Waals surface area contributed by atoms with Gasteiger partial charge in [-0.1, -0.05) is 91.0 Å². The molecule has 6 aromatic carbocycles.